The first kappa shape index (κ1) is 12.9. The van der Waals surface area contributed by atoms with Gasteiger partial charge in [0.2, 0.25) is 0 Å². The first-order valence-electron chi connectivity index (χ1n) is 5.55. The van der Waals surface area contributed by atoms with Crippen LogP contribution in [-0.2, 0) is 13.2 Å². The van der Waals surface area contributed by atoms with Gasteiger partial charge in [0.25, 0.3) is 0 Å². The Hall–Kier alpha value is -1.58. The van der Waals surface area contributed by atoms with E-state index in [0.29, 0.717) is 18.9 Å². The van der Waals surface area contributed by atoms with Gasteiger partial charge in [-0.2, -0.15) is 0 Å². The Kier molecular flexibility index (Phi) is 4.18. The molecule has 0 saturated carbocycles. The molecule has 0 fully saturated rings. The maximum Gasteiger partial charge on any atom is 0.142 e. The van der Waals surface area contributed by atoms with E-state index in [9.17, 15) is 4.39 Å². The number of hydrogen-bond donors (Lipinski definition) is 1. The van der Waals surface area contributed by atoms with E-state index in [4.69, 9.17) is 22.1 Å². The number of rotatable bonds is 4. The lowest BCUT2D eigenvalue weighted by Crippen LogP contribution is -2.00. The zero-order chi connectivity index (χ0) is 13.0. The topological polar surface area (TPSA) is 35.2 Å². The summed E-state index contributed by atoms with van der Waals surface area (Å²) in [5, 5.41) is 0.0585. The number of benzene rings is 2. The van der Waals surface area contributed by atoms with Crippen LogP contribution in [0.1, 0.15) is 11.1 Å². The fraction of sp³-hybridized carbons (Fsp3) is 0.143. The van der Waals surface area contributed by atoms with Gasteiger partial charge in [0, 0.05) is 12.6 Å². The second-order valence-electron chi connectivity index (χ2n) is 3.89. The fourth-order valence-corrected chi connectivity index (χ4v) is 1.75. The molecule has 0 spiro atoms. The van der Waals surface area contributed by atoms with Crippen molar-refractivity contribution in [3.63, 3.8) is 0 Å². The summed E-state index contributed by atoms with van der Waals surface area (Å²) in [7, 11) is 0. The largest absolute Gasteiger partial charge is 0.489 e. The summed E-state index contributed by atoms with van der Waals surface area (Å²) in [5.41, 5.74) is 7.62. The minimum absolute atomic E-state index is 0.0585. The molecule has 18 heavy (non-hydrogen) atoms. The molecular weight excluding hydrogens is 253 g/mol. The summed E-state index contributed by atoms with van der Waals surface area (Å²) < 4.78 is 18.5. The van der Waals surface area contributed by atoms with Gasteiger partial charge in [0.05, 0.1) is 5.02 Å². The van der Waals surface area contributed by atoms with E-state index in [1.54, 1.807) is 6.07 Å². The normalized spacial score (nSPS) is 10.4. The van der Waals surface area contributed by atoms with Crippen molar-refractivity contribution in [2.75, 3.05) is 0 Å². The van der Waals surface area contributed by atoms with Gasteiger partial charge in [0.15, 0.2) is 0 Å². The number of ether oxygens (including phenoxy) is 1. The molecule has 0 aromatic heterocycles. The third-order valence-electron chi connectivity index (χ3n) is 2.52. The smallest absolute Gasteiger partial charge is 0.142 e. The summed E-state index contributed by atoms with van der Waals surface area (Å²) in [6, 6.07) is 12.1. The third kappa shape index (κ3) is 3.22. The maximum atomic E-state index is 13.0. The number of nitrogens with two attached hydrogens (primary N) is 1. The van der Waals surface area contributed by atoms with Crippen LogP contribution in [0.4, 0.5) is 4.39 Å². The van der Waals surface area contributed by atoms with Crippen LogP contribution >= 0.6 is 11.6 Å². The van der Waals surface area contributed by atoms with Crippen molar-refractivity contribution in [2.24, 2.45) is 5.73 Å². The van der Waals surface area contributed by atoms with Gasteiger partial charge in [-0.3, -0.25) is 0 Å². The molecule has 4 heteroatoms. The maximum absolute atomic E-state index is 13.0. The van der Waals surface area contributed by atoms with Crippen LogP contribution < -0.4 is 10.5 Å². The molecule has 0 saturated heterocycles. The summed E-state index contributed by atoms with van der Waals surface area (Å²) in [6.07, 6.45) is 0. The average Bonchev–Trinajstić information content (AvgIpc) is 2.40. The Bertz CT molecular complexity index is 545. The van der Waals surface area contributed by atoms with Crippen molar-refractivity contribution in [3.8, 4) is 5.75 Å². The van der Waals surface area contributed by atoms with Gasteiger partial charge in [-0.25, -0.2) is 4.39 Å². The molecule has 0 bridgehead atoms. The molecule has 0 aliphatic heterocycles. The van der Waals surface area contributed by atoms with Crippen LogP contribution in [0, 0.1) is 5.82 Å². The summed E-state index contributed by atoms with van der Waals surface area (Å²) in [4.78, 5) is 0. The molecule has 0 radical (unpaired) electrons. The SMILES string of the molecule is NCc1cccc(COc2ccc(F)c(Cl)c2)c1. The van der Waals surface area contributed by atoms with E-state index in [0.717, 1.165) is 11.1 Å². The van der Waals surface area contributed by atoms with E-state index in [1.165, 1.54) is 12.1 Å². The minimum atomic E-state index is -0.450. The fourth-order valence-electron chi connectivity index (χ4n) is 1.58. The van der Waals surface area contributed by atoms with E-state index < -0.39 is 5.82 Å². The van der Waals surface area contributed by atoms with Gasteiger partial charge < -0.3 is 10.5 Å². The van der Waals surface area contributed by atoms with Gasteiger partial charge in [-0.05, 0) is 23.3 Å². The highest BCUT2D eigenvalue weighted by molar-refractivity contribution is 6.30. The molecule has 2 nitrogen and oxygen atoms in total. The van der Waals surface area contributed by atoms with Crippen LogP contribution in [0.2, 0.25) is 5.02 Å². The average molecular weight is 266 g/mol. The van der Waals surface area contributed by atoms with Crippen molar-refractivity contribution in [1.82, 2.24) is 0 Å². The first-order valence-corrected chi connectivity index (χ1v) is 5.92. The van der Waals surface area contributed by atoms with Crippen molar-refractivity contribution in [2.45, 2.75) is 13.2 Å². The molecule has 2 rings (SSSR count). The van der Waals surface area contributed by atoms with Crippen molar-refractivity contribution in [3.05, 3.63) is 64.4 Å². The Balaban J connectivity index is 2.04. The second kappa shape index (κ2) is 5.85. The lowest BCUT2D eigenvalue weighted by molar-refractivity contribution is 0.305. The molecule has 2 aromatic rings. The monoisotopic (exact) mass is 265 g/mol. The summed E-state index contributed by atoms with van der Waals surface area (Å²) >= 11 is 5.67. The van der Waals surface area contributed by atoms with Crippen LogP contribution in [0.3, 0.4) is 0 Å². The summed E-state index contributed by atoms with van der Waals surface area (Å²) in [5.74, 6) is 0.0914. The highest BCUT2D eigenvalue weighted by Gasteiger charge is 2.02. The van der Waals surface area contributed by atoms with E-state index in [2.05, 4.69) is 0 Å². The Morgan fingerprint density at radius 1 is 1.11 bits per heavy atom. The molecule has 2 aromatic carbocycles. The Labute approximate surface area is 110 Å². The van der Waals surface area contributed by atoms with E-state index in [-0.39, 0.29) is 5.02 Å². The quantitative estimate of drug-likeness (QED) is 0.918. The lowest BCUT2D eigenvalue weighted by Gasteiger charge is -2.08. The zero-order valence-corrected chi connectivity index (χ0v) is 10.5. The number of halogens is 2. The van der Waals surface area contributed by atoms with Crippen LogP contribution in [-0.4, -0.2) is 0 Å². The molecular formula is C14H13ClFNO. The van der Waals surface area contributed by atoms with E-state index in [1.807, 2.05) is 24.3 Å². The lowest BCUT2D eigenvalue weighted by atomic mass is 10.1. The molecule has 0 heterocycles. The molecule has 0 aliphatic rings. The van der Waals surface area contributed by atoms with Crippen molar-refractivity contribution < 1.29 is 9.13 Å². The highest BCUT2D eigenvalue weighted by Crippen LogP contribution is 2.22. The number of hydrogen-bond acceptors (Lipinski definition) is 2. The van der Waals surface area contributed by atoms with Gasteiger partial charge in [-0.15, -0.1) is 0 Å². The molecule has 0 atom stereocenters. The summed E-state index contributed by atoms with van der Waals surface area (Å²) in [6.45, 7) is 0.895. The van der Waals surface area contributed by atoms with Gasteiger partial charge >= 0.3 is 0 Å². The molecule has 0 aliphatic carbocycles. The van der Waals surface area contributed by atoms with Crippen molar-refractivity contribution in [1.29, 1.82) is 0 Å². The van der Waals surface area contributed by atoms with Crippen LogP contribution in [0.25, 0.3) is 0 Å². The highest BCUT2D eigenvalue weighted by atomic mass is 35.5. The standard InChI is InChI=1S/C14H13ClFNO/c15-13-7-12(4-5-14(13)16)18-9-11-3-1-2-10(6-11)8-17/h1-7H,8-9,17H2. The molecule has 94 valence electrons. The Morgan fingerprint density at radius 3 is 2.61 bits per heavy atom. The van der Waals surface area contributed by atoms with Gasteiger partial charge in [-0.1, -0.05) is 35.9 Å². The van der Waals surface area contributed by atoms with Gasteiger partial charge in [0.1, 0.15) is 18.2 Å². The zero-order valence-electron chi connectivity index (χ0n) is 9.70. The predicted octanol–water partition coefficient (Wildman–Crippen LogP) is 3.52. The second-order valence-corrected chi connectivity index (χ2v) is 4.30. The third-order valence-corrected chi connectivity index (χ3v) is 2.81. The molecule has 0 unspecified atom stereocenters. The van der Waals surface area contributed by atoms with Crippen LogP contribution in [0.15, 0.2) is 42.5 Å². The molecule has 2 N–H and O–H groups in total. The first-order chi connectivity index (χ1) is 8.69. The van der Waals surface area contributed by atoms with E-state index >= 15 is 0 Å². The van der Waals surface area contributed by atoms with Crippen LogP contribution in [0.5, 0.6) is 5.75 Å². The Morgan fingerprint density at radius 2 is 1.89 bits per heavy atom. The predicted molar refractivity (Wildman–Crippen MR) is 70.1 cm³/mol. The van der Waals surface area contributed by atoms with Crippen molar-refractivity contribution >= 4 is 11.6 Å². The molecule has 0 amide bonds. The minimum Gasteiger partial charge on any atom is -0.489 e.